The van der Waals surface area contributed by atoms with E-state index in [4.69, 9.17) is 9.73 Å². The third-order valence-corrected chi connectivity index (χ3v) is 7.28. The van der Waals surface area contributed by atoms with Gasteiger partial charge in [-0.25, -0.2) is 33.7 Å². The summed E-state index contributed by atoms with van der Waals surface area (Å²) in [6.07, 6.45) is 4.83. The van der Waals surface area contributed by atoms with E-state index in [0.717, 1.165) is 12.4 Å². The number of rotatable bonds is 6. The van der Waals surface area contributed by atoms with Gasteiger partial charge in [0, 0.05) is 35.2 Å². The maximum Gasteiger partial charge on any atom is 0.275 e. The Morgan fingerprint density at radius 2 is 1.95 bits per heavy atom. The van der Waals surface area contributed by atoms with Crippen molar-refractivity contribution in [3.8, 4) is 5.88 Å². The van der Waals surface area contributed by atoms with Crippen LogP contribution in [0.15, 0.2) is 60.3 Å². The minimum Gasteiger partial charge on any atom is -0.480 e. The number of nitrogens with one attached hydrogen (secondary N) is 2. The van der Waals surface area contributed by atoms with Gasteiger partial charge in [-0.15, -0.1) is 0 Å². The summed E-state index contributed by atoms with van der Waals surface area (Å²) in [5.74, 6) is -0.399. The molecular formula is C25H24F2N8O2S. The van der Waals surface area contributed by atoms with Crippen LogP contribution in [0.1, 0.15) is 23.0 Å². The molecule has 0 aliphatic carbocycles. The number of aromatic nitrogens is 4. The van der Waals surface area contributed by atoms with Crippen molar-refractivity contribution in [3.63, 3.8) is 0 Å². The maximum absolute atomic E-state index is 15.5. The number of fused-ring (bicyclic) bond motifs is 1. The van der Waals surface area contributed by atoms with E-state index in [9.17, 15) is 9.18 Å². The standard InChI is InChI=1S/C25H24F2N8O2S/c1-14(2)32-24-34-25(13-35(11-15(25)12-38-24)23-30-7-16(26)8-31-23)18-6-17(4-5-19(18)27)33-22(36)20-9-29-21(37-3)10-28-20/h4-10,15H,1,11-13H2,2-3H3,(H,32,34)(H,33,36)/t15-,25-/m0/s1. The molecule has 0 bridgehead atoms. The Hall–Kier alpha value is -4.13. The zero-order chi connectivity index (χ0) is 26.9. The first-order chi connectivity index (χ1) is 18.3. The van der Waals surface area contributed by atoms with Crippen molar-refractivity contribution in [2.24, 2.45) is 10.9 Å². The summed E-state index contributed by atoms with van der Waals surface area (Å²) in [5, 5.41) is 6.52. The lowest BCUT2D eigenvalue weighted by Gasteiger charge is -2.36. The summed E-state index contributed by atoms with van der Waals surface area (Å²) in [6, 6.07) is 4.37. The number of halogens is 2. The molecule has 0 unspecified atom stereocenters. The third kappa shape index (κ3) is 5.01. The van der Waals surface area contributed by atoms with Gasteiger partial charge in [0.15, 0.2) is 11.0 Å². The molecule has 1 saturated heterocycles. The van der Waals surface area contributed by atoms with Crippen molar-refractivity contribution >= 4 is 34.5 Å². The summed E-state index contributed by atoms with van der Waals surface area (Å²) >= 11 is 1.51. The number of benzene rings is 1. The number of allylic oxidation sites excluding steroid dienone is 1. The Kier molecular flexibility index (Phi) is 6.93. The summed E-state index contributed by atoms with van der Waals surface area (Å²) < 4.78 is 34.0. The lowest BCUT2D eigenvalue weighted by Crippen LogP contribution is -2.41. The molecule has 5 rings (SSSR count). The first-order valence-corrected chi connectivity index (χ1v) is 12.6. The van der Waals surface area contributed by atoms with E-state index in [0.29, 0.717) is 40.4 Å². The SMILES string of the molecule is C=C(C)NC1=N[C@@]2(c3cc(NC(=O)c4cnc(OC)cn4)ccc3F)CN(c3ncc(F)cn3)C[C@H]2CS1. The molecule has 38 heavy (non-hydrogen) atoms. The zero-order valence-electron chi connectivity index (χ0n) is 20.6. The molecule has 2 aliphatic heterocycles. The Labute approximate surface area is 221 Å². The molecule has 0 saturated carbocycles. The number of amides is 1. The fourth-order valence-electron chi connectivity index (χ4n) is 4.51. The molecule has 1 aromatic carbocycles. The van der Waals surface area contributed by atoms with Crippen molar-refractivity contribution in [3.05, 3.63) is 78.2 Å². The Morgan fingerprint density at radius 1 is 1.16 bits per heavy atom. The van der Waals surface area contributed by atoms with Crippen molar-refractivity contribution in [2.75, 3.05) is 36.2 Å². The number of hydrogen-bond acceptors (Lipinski definition) is 10. The second-order valence-electron chi connectivity index (χ2n) is 8.93. The second-order valence-corrected chi connectivity index (χ2v) is 9.94. The summed E-state index contributed by atoms with van der Waals surface area (Å²) in [7, 11) is 1.45. The van der Waals surface area contributed by atoms with Gasteiger partial charge in [0.1, 0.15) is 17.1 Å². The number of anilines is 2. The molecule has 2 N–H and O–H groups in total. The highest BCUT2D eigenvalue weighted by Crippen LogP contribution is 2.47. The summed E-state index contributed by atoms with van der Waals surface area (Å²) in [4.78, 5) is 35.9. The summed E-state index contributed by atoms with van der Waals surface area (Å²) in [6.45, 7) is 6.45. The van der Waals surface area contributed by atoms with Crippen LogP contribution in [0.4, 0.5) is 20.4 Å². The predicted octanol–water partition coefficient (Wildman–Crippen LogP) is 3.36. The molecule has 1 amide bonds. The quantitative estimate of drug-likeness (QED) is 0.487. The van der Waals surface area contributed by atoms with Crippen LogP contribution in [0.3, 0.4) is 0 Å². The monoisotopic (exact) mass is 538 g/mol. The van der Waals surface area contributed by atoms with Gasteiger partial charge in [0.2, 0.25) is 11.8 Å². The topological polar surface area (TPSA) is 118 Å². The predicted molar refractivity (Wildman–Crippen MR) is 140 cm³/mol. The van der Waals surface area contributed by atoms with Crippen LogP contribution < -0.4 is 20.3 Å². The molecule has 2 aliphatic rings. The van der Waals surface area contributed by atoms with Crippen molar-refractivity contribution in [1.82, 2.24) is 25.3 Å². The van der Waals surface area contributed by atoms with Crippen LogP contribution >= 0.6 is 11.8 Å². The number of aliphatic imine (C=N–C) groups is 1. The highest BCUT2D eigenvalue weighted by molar-refractivity contribution is 8.13. The number of methoxy groups -OCH3 is 1. The third-order valence-electron chi connectivity index (χ3n) is 6.24. The first-order valence-electron chi connectivity index (χ1n) is 11.6. The number of thioether (sulfide) groups is 1. The van der Waals surface area contributed by atoms with Gasteiger partial charge in [0.25, 0.3) is 5.91 Å². The second kappa shape index (κ2) is 10.3. The highest BCUT2D eigenvalue weighted by atomic mass is 32.2. The Morgan fingerprint density at radius 3 is 2.63 bits per heavy atom. The van der Waals surface area contributed by atoms with Crippen LogP contribution in [0.2, 0.25) is 0 Å². The number of ether oxygens (including phenoxy) is 1. The highest BCUT2D eigenvalue weighted by Gasteiger charge is 2.52. The Bertz CT molecular complexity index is 1400. The lowest BCUT2D eigenvalue weighted by atomic mass is 9.81. The molecule has 4 heterocycles. The summed E-state index contributed by atoms with van der Waals surface area (Å²) in [5.41, 5.74) is 0.436. The van der Waals surface area contributed by atoms with E-state index in [-0.39, 0.29) is 24.0 Å². The van der Waals surface area contributed by atoms with Gasteiger partial charge in [-0.3, -0.25) is 4.79 Å². The van der Waals surface area contributed by atoms with Crippen molar-refractivity contribution in [1.29, 1.82) is 0 Å². The van der Waals surface area contributed by atoms with Gasteiger partial charge in [0.05, 0.1) is 38.4 Å². The molecule has 2 atom stereocenters. The average Bonchev–Trinajstić information content (AvgIpc) is 3.29. The molecule has 10 nitrogen and oxygen atoms in total. The van der Waals surface area contributed by atoms with Gasteiger partial charge < -0.3 is 20.3 Å². The van der Waals surface area contributed by atoms with Gasteiger partial charge in [-0.2, -0.15) is 0 Å². The van der Waals surface area contributed by atoms with Crippen LogP contribution in [-0.4, -0.2) is 57.0 Å². The van der Waals surface area contributed by atoms with Crippen LogP contribution in [0.25, 0.3) is 0 Å². The molecule has 0 spiro atoms. The van der Waals surface area contributed by atoms with Crippen molar-refractivity contribution in [2.45, 2.75) is 12.5 Å². The van der Waals surface area contributed by atoms with Crippen molar-refractivity contribution < 1.29 is 18.3 Å². The minimum atomic E-state index is -1.02. The molecule has 3 aromatic rings. The van der Waals surface area contributed by atoms with E-state index in [2.05, 4.69) is 37.1 Å². The lowest BCUT2D eigenvalue weighted by molar-refractivity contribution is 0.102. The van der Waals surface area contributed by atoms with Crippen LogP contribution in [0.5, 0.6) is 5.88 Å². The smallest absolute Gasteiger partial charge is 0.275 e. The van der Waals surface area contributed by atoms with Gasteiger partial charge in [-0.1, -0.05) is 18.3 Å². The zero-order valence-corrected chi connectivity index (χ0v) is 21.4. The van der Waals surface area contributed by atoms with E-state index >= 15 is 4.39 Å². The molecule has 1 fully saturated rings. The van der Waals surface area contributed by atoms with Crippen LogP contribution in [-0.2, 0) is 5.54 Å². The minimum absolute atomic E-state index is 0.0771. The van der Waals surface area contributed by atoms with Gasteiger partial charge in [-0.05, 0) is 25.1 Å². The van der Waals surface area contributed by atoms with Gasteiger partial charge >= 0.3 is 0 Å². The Balaban J connectivity index is 1.51. The molecular weight excluding hydrogens is 514 g/mol. The number of carbonyl (C=O) groups is 1. The fourth-order valence-corrected chi connectivity index (χ4v) is 5.73. The van der Waals surface area contributed by atoms with E-state index in [1.165, 1.54) is 43.4 Å². The van der Waals surface area contributed by atoms with E-state index < -0.39 is 23.1 Å². The number of nitrogens with zero attached hydrogens (tertiary/aromatic N) is 6. The number of carbonyl (C=O) groups excluding carboxylic acids is 1. The van der Waals surface area contributed by atoms with Crippen LogP contribution in [0, 0.1) is 17.6 Å². The average molecular weight is 539 g/mol. The fraction of sp³-hybridized carbons (Fsp3) is 0.280. The van der Waals surface area contributed by atoms with E-state index in [1.807, 2.05) is 11.8 Å². The van der Waals surface area contributed by atoms with E-state index in [1.54, 1.807) is 6.07 Å². The molecule has 2 aromatic heterocycles. The largest absolute Gasteiger partial charge is 0.480 e. The number of hydrogen-bond donors (Lipinski definition) is 2. The maximum atomic E-state index is 15.5. The molecule has 196 valence electrons. The molecule has 13 heteroatoms. The first kappa shape index (κ1) is 25.5. The normalized spacial score (nSPS) is 20.4. The number of amidine groups is 1. The molecule has 0 radical (unpaired) electrons.